The summed E-state index contributed by atoms with van der Waals surface area (Å²) in [7, 11) is -3.66. The molecule has 0 atom stereocenters. The van der Waals surface area contributed by atoms with Crippen molar-refractivity contribution >= 4 is 27.5 Å². The molecule has 0 saturated heterocycles. The number of carbonyl (C=O) groups is 2. The van der Waals surface area contributed by atoms with Crippen LogP contribution in [0.4, 0.5) is 0 Å². The molecule has 0 radical (unpaired) electrons. The van der Waals surface area contributed by atoms with Gasteiger partial charge in [0.25, 0.3) is 5.56 Å². The van der Waals surface area contributed by atoms with Gasteiger partial charge in [-0.3, -0.25) is 18.7 Å². The predicted molar refractivity (Wildman–Crippen MR) is 107 cm³/mol. The number of hydrogen-bond acceptors (Lipinski definition) is 7. The van der Waals surface area contributed by atoms with Crippen LogP contribution in [-0.4, -0.2) is 47.5 Å². The molecule has 1 amide bonds. The van der Waals surface area contributed by atoms with E-state index in [0.29, 0.717) is 23.4 Å². The van der Waals surface area contributed by atoms with Crippen LogP contribution < -0.4 is 10.3 Å². The molecule has 2 N–H and O–H groups in total. The molecule has 10 nitrogen and oxygen atoms in total. The Labute approximate surface area is 171 Å². The number of aromatic amines is 1. The SMILES string of the molecule is CCOC(=O)c1cn2c3c([nH]c(=O)c2n1)-c1cccc(CC(=O)NS(C)(=O)=O)c1C3. The van der Waals surface area contributed by atoms with Crippen molar-refractivity contribution in [2.24, 2.45) is 0 Å². The van der Waals surface area contributed by atoms with Crippen LogP contribution in [0.5, 0.6) is 0 Å². The molecule has 1 aliphatic carbocycles. The molecule has 1 aromatic carbocycles. The smallest absolute Gasteiger partial charge is 0.358 e. The van der Waals surface area contributed by atoms with Crippen molar-refractivity contribution in [2.45, 2.75) is 19.8 Å². The Morgan fingerprint density at radius 2 is 2.10 bits per heavy atom. The van der Waals surface area contributed by atoms with E-state index in [1.807, 2.05) is 10.8 Å². The second-order valence-corrected chi connectivity index (χ2v) is 8.66. The molecular formula is C19H18N4O6S. The van der Waals surface area contributed by atoms with Crippen molar-refractivity contribution in [2.75, 3.05) is 12.9 Å². The van der Waals surface area contributed by atoms with Crippen molar-refractivity contribution in [3.05, 3.63) is 57.3 Å². The Kier molecular flexibility index (Phi) is 4.69. The lowest BCUT2D eigenvalue weighted by atomic mass is 10.00. The van der Waals surface area contributed by atoms with Gasteiger partial charge in [0.1, 0.15) is 0 Å². The number of aromatic nitrogens is 3. The van der Waals surface area contributed by atoms with Gasteiger partial charge in [-0.2, -0.15) is 0 Å². The lowest BCUT2D eigenvalue weighted by molar-refractivity contribution is -0.118. The molecule has 1 aliphatic rings. The van der Waals surface area contributed by atoms with E-state index in [1.165, 1.54) is 6.20 Å². The van der Waals surface area contributed by atoms with Gasteiger partial charge in [0.2, 0.25) is 21.6 Å². The number of ether oxygens (including phenoxy) is 1. The first-order valence-corrected chi connectivity index (χ1v) is 11.0. The van der Waals surface area contributed by atoms with Crippen LogP contribution in [0.2, 0.25) is 0 Å². The molecule has 3 aromatic rings. The zero-order chi connectivity index (χ0) is 21.6. The Morgan fingerprint density at radius 1 is 1.33 bits per heavy atom. The minimum atomic E-state index is -3.66. The minimum Gasteiger partial charge on any atom is -0.461 e. The van der Waals surface area contributed by atoms with Crippen LogP contribution in [0.1, 0.15) is 34.2 Å². The summed E-state index contributed by atoms with van der Waals surface area (Å²) in [6.45, 7) is 1.86. The number of imidazole rings is 1. The average Bonchev–Trinajstić information content (AvgIpc) is 3.24. The Morgan fingerprint density at radius 3 is 2.80 bits per heavy atom. The zero-order valence-corrected chi connectivity index (χ0v) is 17.0. The van der Waals surface area contributed by atoms with Gasteiger partial charge in [-0.05, 0) is 18.1 Å². The molecule has 2 heterocycles. The predicted octanol–water partition coefficient (Wildman–Crippen LogP) is 0.389. The molecule has 11 heteroatoms. The fourth-order valence-electron chi connectivity index (χ4n) is 3.63. The van der Waals surface area contributed by atoms with E-state index in [-0.39, 0.29) is 24.4 Å². The van der Waals surface area contributed by atoms with Gasteiger partial charge in [-0.1, -0.05) is 18.2 Å². The summed E-state index contributed by atoms with van der Waals surface area (Å²) in [5.74, 6) is -1.27. The second kappa shape index (κ2) is 7.10. The number of carbonyl (C=O) groups excluding carboxylic acids is 2. The molecule has 0 unspecified atom stereocenters. The number of nitrogens with zero attached hydrogens (tertiary/aromatic N) is 2. The topological polar surface area (TPSA) is 140 Å². The fraction of sp³-hybridized carbons (Fsp3) is 0.263. The maximum atomic E-state index is 12.5. The summed E-state index contributed by atoms with van der Waals surface area (Å²) in [4.78, 5) is 43.6. The summed E-state index contributed by atoms with van der Waals surface area (Å²) in [6.07, 6.45) is 2.62. The number of sulfonamides is 1. The van der Waals surface area contributed by atoms with Crippen LogP contribution in [0, 0.1) is 0 Å². The average molecular weight is 430 g/mol. The maximum Gasteiger partial charge on any atom is 0.358 e. The normalized spacial score (nSPS) is 12.5. The molecule has 4 rings (SSSR count). The first-order chi connectivity index (χ1) is 14.2. The van der Waals surface area contributed by atoms with E-state index in [9.17, 15) is 22.8 Å². The van der Waals surface area contributed by atoms with E-state index < -0.39 is 27.5 Å². The monoisotopic (exact) mass is 430 g/mol. The summed E-state index contributed by atoms with van der Waals surface area (Å²) in [5, 5.41) is 0. The number of amides is 1. The Balaban J connectivity index is 1.77. The molecule has 30 heavy (non-hydrogen) atoms. The van der Waals surface area contributed by atoms with E-state index in [0.717, 1.165) is 17.4 Å². The van der Waals surface area contributed by atoms with Crippen LogP contribution in [0.15, 0.2) is 29.2 Å². The van der Waals surface area contributed by atoms with Gasteiger partial charge in [0, 0.05) is 18.2 Å². The third-order valence-electron chi connectivity index (χ3n) is 4.75. The minimum absolute atomic E-state index is 0.0273. The third-order valence-corrected chi connectivity index (χ3v) is 5.35. The van der Waals surface area contributed by atoms with E-state index in [2.05, 4.69) is 9.97 Å². The van der Waals surface area contributed by atoms with Crippen molar-refractivity contribution in [1.29, 1.82) is 0 Å². The molecule has 2 aromatic heterocycles. The first-order valence-electron chi connectivity index (χ1n) is 9.11. The van der Waals surface area contributed by atoms with E-state index in [4.69, 9.17) is 4.74 Å². The summed E-state index contributed by atoms with van der Waals surface area (Å²) in [6, 6.07) is 5.28. The molecule has 0 spiro atoms. The molecule has 0 saturated carbocycles. The van der Waals surface area contributed by atoms with Crippen molar-refractivity contribution in [3.63, 3.8) is 0 Å². The van der Waals surface area contributed by atoms with Crippen molar-refractivity contribution < 1.29 is 22.7 Å². The maximum absolute atomic E-state index is 12.5. The number of rotatable bonds is 5. The van der Waals surface area contributed by atoms with Gasteiger partial charge in [-0.15, -0.1) is 0 Å². The summed E-state index contributed by atoms with van der Waals surface area (Å²) < 4.78 is 31.1. The third kappa shape index (κ3) is 3.47. The molecule has 0 aliphatic heterocycles. The Bertz CT molecular complexity index is 1370. The highest BCUT2D eigenvalue weighted by molar-refractivity contribution is 7.89. The van der Waals surface area contributed by atoms with Gasteiger partial charge in [0.05, 0.1) is 30.7 Å². The highest BCUT2D eigenvalue weighted by Gasteiger charge is 2.27. The number of benzene rings is 1. The van der Waals surface area contributed by atoms with Crippen molar-refractivity contribution in [1.82, 2.24) is 19.1 Å². The molecular weight excluding hydrogens is 412 g/mol. The van der Waals surface area contributed by atoms with E-state index >= 15 is 0 Å². The standard InChI is InChI=1S/C19H18N4O6S/c1-3-29-19(26)13-9-23-14-8-12-10(7-15(24)22-30(2,27)28)5-4-6-11(12)16(14)21-18(25)17(23)20-13/h4-6,9H,3,7-8H2,1-2H3,(H,21,25)(H,22,24). The number of fused-ring (bicyclic) bond motifs is 5. The summed E-state index contributed by atoms with van der Waals surface area (Å²) >= 11 is 0. The lowest BCUT2D eigenvalue weighted by Crippen LogP contribution is -2.30. The second-order valence-electron chi connectivity index (χ2n) is 6.91. The molecule has 0 fully saturated rings. The van der Waals surface area contributed by atoms with Crippen LogP contribution in [0.3, 0.4) is 0 Å². The number of H-pyrrole nitrogens is 1. The van der Waals surface area contributed by atoms with Gasteiger partial charge < -0.3 is 9.72 Å². The van der Waals surface area contributed by atoms with Crippen LogP contribution in [-0.2, 0) is 32.4 Å². The highest BCUT2D eigenvalue weighted by Crippen LogP contribution is 2.36. The quantitative estimate of drug-likeness (QED) is 0.437. The van der Waals surface area contributed by atoms with Crippen LogP contribution in [0.25, 0.3) is 16.9 Å². The molecule has 156 valence electrons. The number of hydrogen-bond donors (Lipinski definition) is 2. The fourth-order valence-corrected chi connectivity index (χ4v) is 4.12. The first kappa shape index (κ1) is 19.8. The van der Waals surface area contributed by atoms with Gasteiger partial charge >= 0.3 is 5.97 Å². The van der Waals surface area contributed by atoms with Gasteiger partial charge in [-0.25, -0.2) is 18.2 Å². The zero-order valence-electron chi connectivity index (χ0n) is 16.2. The van der Waals surface area contributed by atoms with Crippen LogP contribution >= 0.6 is 0 Å². The molecule has 0 bridgehead atoms. The largest absolute Gasteiger partial charge is 0.461 e. The number of esters is 1. The van der Waals surface area contributed by atoms with Crippen molar-refractivity contribution in [3.8, 4) is 11.3 Å². The lowest BCUT2D eigenvalue weighted by Gasteiger charge is -2.08. The highest BCUT2D eigenvalue weighted by atomic mass is 32.2. The number of nitrogens with one attached hydrogen (secondary N) is 2. The van der Waals surface area contributed by atoms with E-state index in [1.54, 1.807) is 23.5 Å². The summed E-state index contributed by atoms with van der Waals surface area (Å²) in [5.41, 5.74) is 3.09. The van der Waals surface area contributed by atoms with Gasteiger partial charge in [0.15, 0.2) is 5.69 Å². The Hall–Kier alpha value is -3.47.